The molecule has 0 radical (unpaired) electrons. The van der Waals surface area contributed by atoms with Crippen molar-refractivity contribution in [3.63, 3.8) is 0 Å². The number of benzene rings is 1. The number of aldehydes is 1. The molecular formula is C10H9F3O. The number of rotatable bonds is 2. The molecule has 0 fully saturated rings. The zero-order valence-electron chi connectivity index (χ0n) is 7.77. The summed E-state index contributed by atoms with van der Waals surface area (Å²) in [5.41, 5.74) is -1.30. The van der Waals surface area contributed by atoms with Crippen LogP contribution >= 0.6 is 0 Å². The largest absolute Gasteiger partial charge is 0.302 e. The van der Waals surface area contributed by atoms with Gasteiger partial charge in [0.15, 0.2) is 17.5 Å². The standard InChI is InChI=1S/C10H9F3O/c1-10(2,5-14)6-3-4-7(11)9(13)8(6)12/h3-5H,1-2H3. The normalized spacial score (nSPS) is 11.5. The smallest absolute Gasteiger partial charge is 0.194 e. The molecule has 0 aliphatic rings. The Morgan fingerprint density at radius 3 is 2.21 bits per heavy atom. The van der Waals surface area contributed by atoms with Crippen molar-refractivity contribution in [1.29, 1.82) is 0 Å². The van der Waals surface area contributed by atoms with E-state index < -0.39 is 22.9 Å². The van der Waals surface area contributed by atoms with Crippen molar-refractivity contribution in [3.05, 3.63) is 35.1 Å². The third-order valence-electron chi connectivity index (χ3n) is 2.02. The minimum Gasteiger partial charge on any atom is -0.302 e. The Bertz CT molecular complexity index is 372. The van der Waals surface area contributed by atoms with Gasteiger partial charge in [0.1, 0.15) is 6.29 Å². The fourth-order valence-corrected chi connectivity index (χ4v) is 1.09. The summed E-state index contributed by atoms with van der Waals surface area (Å²) >= 11 is 0. The van der Waals surface area contributed by atoms with Gasteiger partial charge in [0.25, 0.3) is 0 Å². The molecule has 0 aromatic heterocycles. The lowest BCUT2D eigenvalue weighted by Crippen LogP contribution is -2.21. The van der Waals surface area contributed by atoms with Crippen LogP contribution in [0.3, 0.4) is 0 Å². The highest BCUT2D eigenvalue weighted by molar-refractivity contribution is 5.67. The number of carbonyl (C=O) groups excluding carboxylic acids is 1. The molecule has 1 rings (SSSR count). The molecule has 0 unspecified atom stereocenters. The predicted molar refractivity (Wildman–Crippen MR) is 45.4 cm³/mol. The van der Waals surface area contributed by atoms with Crippen LogP contribution in [0.1, 0.15) is 19.4 Å². The minimum absolute atomic E-state index is 0.147. The van der Waals surface area contributed by atoms with E-state index >= 15 is 0 Å². The van der Waals surface area contributed by atoms with Gasteiger partial charge in [-0.3, -0.25) is 0 Å². The lowest BCUT2D eigenvalue weighted by Gasteiger charge is -2.18. The van der Waals surface area contributed by atoms with Crippen LogP contribution in [0.4, 0.5) is 13.2 Å². The third-order valence-corrected chi connectivity index (χ3v) is 2.02. The fourth-order valence-electron chi connectivity index (χ4n) is 1.09. The van der Waals surface area contributed by atoms with E-state index in [-0.39, 0.29) is 5.56 Å². The SMILES string of the molecule is CC(C)(C=O)c1ccc(F)c(F)c1F. The molecule has 0 aliphatic heterocycles. The van der Waals surface area contributed by atoms with E-state index in [0.717, 1.165) is 12.1 Å². The summed E-state index contributed by atoms with van der Waals surface area (Å²) in [6, 6.07) is 1.88. The highest BCUT2D eigenvalue weighted by atomic mass is 19.2. The maximum atomic E-state index is 13.2. The number of hydrogen-bond donors (Lipinski definition) is 0. The van der Waals surface area contributed by atoms with Crippen LogP contribution in [0, 0.1) is 17.5 Å². The van der Waals surface area contributed by atoms with Crippen LogP contribution in [-0.2, 0) is 10.2 Å². The first-order valence-corrected chi connectivity index (χ1v) is 4.00. The first-order chi connectivity index (χ1) is 6.40. The fraction of sp³-hybridized carbons (Fsp3) is 0.300. The molecule has 14 heavy (non-hydrogen) atoms. The quantitative estimate of drug-likeness (QED) is 0.532. The molecule has 0 saturated carbocycles. The van der Waals surface area contributed by atoms with E-state index in [1.54, 1.807) is 0 Å². The molecule has 1 aromatic carbocycles. The van der Waals surface area contributed by atoms with Crippen LogP contribution in [0.25, 0.3) is 0 Å². The maximum absolute atomic E-state index is 13.2. The summed E-state index contributed by atoms with van der Waals surface area (Å²) in [5.74, 6) is -4.10. The van der Waals surface area contributed by atoms with Gasteiger partial charge in [0.05, 0.1) is 0 Å². The monoisotopic (exact) mass is 202 g/mol. The number of carbonyl (C=O) groups is 1. The van der Waals surface area contributed by atoms with Gasteiger partial charge in [-0.1, -0.05) is 6.07 Å². The van der Waals surface area contributed by atoms with E-state index in [9.17, 15) is 18.0 Å². The van der Waals surface area contributed by atoms with Gasteiger partial charge in [-0.15, -0.1) is 0 Å². The van der Waals surface area contributed by atoms with Crippen LogP contribution < -0.4 is 0 Å². The van der Waals surface area contributed by atoms with E-state index in [2.05, 4.69) is 0 Å². The van der Waals surface area contributed by atoms with Crippen LogP contribution in [0.5, 0.6) is 0 Å². The molecular weight excluding hydrogens is 193 g/mol. The second-order valence-corrected chi connectivity index (χ2v) is 3.56. The Hall–Kier alpha value is -1.32. The molecule has 0 spiro atoms. The molecule has 0 heterocycles. The molecule has 1 nitrogen and oxygen atoms in total. The molecule has 76 valence electrons. The van der Waals surface area contributed by atoms with Gasteiger partial charge in [0.2, 0.25) is 0 Å². The van der Waals surface area contributed by atoms with Crippen molar-refractivity contribution in [2.45, 2.75) is 19.3 Å². The van der Waals surface area contributed by atoms with Gasteiger partial charge < -0.3 is 4.79 Å². The first-order valence-electron chi connectivity index (χ1n) is 4.00. The molecule has 0 saturated heterocycles. The van der Waals surface area contributed by atoms with Crippen LogP contribution in [0.15, 0.2) is 12.1 Å². The molecule has 0 amide bonds. The maximum Gasteiger partial charge on any atom is 0.194 e. The summed E-state index contributed by atoms with van der Waals surface area (Å²) < 4.78 is 38.5. The van der Waals surface area contributed by atoms with Gasteiger partial charge in [0, 0.05) is 11.0 Å². The molecule has 4 heteroatoms. The van der Waals surface area contributed by atoms with Gasteiger partial charge >= 0.3 is 0 Å². The van der Waals surface area contributed by atoms with E-state index in [0.29, 0.717) is 6.29 Å². The van der Waals surface area contributed by atoms with Gasteiger partial charge in [-0.05, 0) is 19.9 Å². The van der Waals surface area contributed by atoms with Gasteiger partial charge in [-0.25, -0.2) is 13.2 Å². The van der Waals surface area contributed by atoms with E-state index in [4.69, 9.17) is 0 Å². The molecule has 0 atom stereocenters. The van der Waals surface area contributed by atoms with Crippen molar-refractivity contribution in [1.82, 2.24) is 0 Å². The summed E-state index contributed by atoms with van der Waals surface area (Å²) in [7, 11) is 0. The van der Waals surface area contributed by atoms with Crippen molar-refractivity contribution in [2.75, 3.05) is 0 Å². The highest BCUT2D eigenvalue weighted by Gasteiger charge is 2.26. The summed E-state index contributed by atoms with van der Waals surface area (Å²) in [4.78, 5) is 10.6. The van der Waals surface area contributed by atoms with Crippen molar-refractivity contribution < 1.29 is 18.0 Å². The Morgan fingerprint density at radius 2 is 1.71 bits per heavy atom. The van der Waals surface area contributed by atoms with Crippen molar-refractivity contribution >= 4 is 6.29 Å². The van der Waals surface area contributed by atoms with Crippen LogP contribution in [-0.4, -0.2) is 6.29 Å². The number of hydrogen-bond acceptors (Lipinski definition) is 1. The summed E-state index contributed by atoms with van der Waals surface area (Å²) in [6.07, 6.45) is 0.489. The lowest BCUT2D eigenvalue weighted by molar-refractivity contribution is -0.111. The third kappa shape index (κ3) is 1.64. The second kappa shape index (κ2) is 3.44. The molecule has 0 bridgehead atoms. The summed E-state index contributed by atoms with van der Waals surface area (Å²) in [6.45, 7) is 2.85. The zero-order chi connectivity index (χ0) is 10.9. The summed E-state index contributed by atoms with van der Waals surface area (Å²) in [5, 5.41) is 0. The molecule has 0 N–H and O–H groups in total. The Kier molecular flexibility index (Phi) is 2.64. The molecule has 1 aromatic rings. The average molecular weight is 202 g/mol. The van der Waals surface area contributed by atoms with Gasteiger partial charge in [-0.2, -0.15) is 0 Å². The van der Waals surface area contributed by atoms with Crippen LogP contribution in [0.2, 0.25) is 0 Å². The highest BCUT2D eigenvalue weighted by Crippen LogP contribution is 2.26. The molecule has 0 aliphatic carbocycles. The average Bonchev–Trinajstić information content (AvgIpc) is 2.14. The Morgan fingerprint density at radius 1 is 1.14 bits per heavy atom. The zero-order valence-corrected chi connectivity index (χ0v) is 7.77. The van der Waals surface area contributed by atoms with E-state index in [1.165, 1.54) is 13.8 Å². The second-order valence-electron chi connectivity index (χ2n) is 3.56. The van der Waals surface area contributed by atoms with Crippen molar-refractivity contribution in [3.8, 4) is 0 Å². The Labute approximate surface area is 79.5 Å². The number of halogens is 3. The predicted octanol–water partition coefficient (Wildman–Crippen LogP) is 2.58. The first kappa shape index (κ1) is 10.8. The minimum atomic E-state index is -1.54. The van der Waals surface area contributed by atoms with Crippen molar-refractivity contribution in [2.24, 2.45) is 0 Å². The Balaban J connectivity index is 3.38. The van der Waals surface area contributed by atoms with E-state index in [1.807, 2.05) is 0 Å². The topological polar surface area (TPSA) is 17.1 Å². The lowest BCUT2D eigenvalue weighted by atomic mass is 9.86.